The minimum Gasteiger partial charge on any atom is -0.374 e. The van der Waals surface area contributed by atoms with Crippen LogP contribution in [0.25, 0.3) is 0 Å². The molecular formula is C11H17N3O2. The number of likely N-dealkylation sites (N-methyl/N-ethyl adjacent to an activating group) is 1. The molecule has 88 valence electrons. The van der Waals surface area contributed by atoms with Crippen LogP contribution in [0.3, 0.4) is 0 Å². The van der Waals surface area contributed by atoms with Crippen LogP contribution in [0.1, 0.15) is 6.92 Å². The van der Waals surface area contributed by atoms with E-state index in [1.165, 1.54) is 0 Å². The van der Waals surface area contributed by atoms with E-state index in [-0.39, 0.29) is 18.1 Å². The van der Waals surface area contributed by atoms with Crippen LogP contribution in [0.15, 0.2) is 18.3 Å². The van der Waals surface area contributed by atoms with Crippen molar-refractivity contribution in [1.29, 1.82) is 0 Å². The fourth-order valence-corrected chi connectivity index (χ4v) is 1.99. The Bertz CT molecular complexity index is 350. The minimum atomic E-state index is -0.286. The van der Waals surface area contributed by atoms with Gasteiger partial charge in [0.1, 0.15) is 11.9 Å². The third-order valence-corrected chi connectivity index (χ3v) is 2.88. The molecule has 1 aromatic heterocycles. The number of aromatic nitrogens is 1. The van der Waals surface area contributed by atoms with E-state index in [1.807, 2.05) is 25.3 Å². The number of carbonyl (C=O) groups excluding carboxylic acids is 1. The van der Waals surface area contributed by atoms with E-state index >= 15 is 0 Å². The van der Waals surface area contributed by atoms with Gasteiger partial charge in [-0.3, -0.25) is 9.69 Å². The predicted octanol–water partition coefficient (Wildman–Crippen LogP) is 0.354. The molecule has 1 aliphatic heterocycles. The lowest BCUT2D eigenvalue weighted by Gasteiger charge is -2.23. The highest BCUT2D eigenvalue weighted by molar-refractivity contribution is 5.97. The maximum absolute atomic E-state index is 12.2. The summed E-state index contributed by atoms with van der Waals surface area (Å²) in [6.07, 6.45) is 1.71. The monoisotopic (exact) mass is 223 g/mol. The molecule has 2 heterocycles. The minimum absolute atomic E-state index is 0.0509. The average molecular weight is 223 g/mol. The van der Waals surface area contributed by atoms with Gasteiger partial charge in [0.05, 0.1) is 19.3 Å². The van der Waals surface area contributed by atoms with Crippen LogP contribution in [0.5, 0.6) is 0 Å². The first kappa shape index (κ1) is 11.2. The Balaban J connectivity index is 2.23. The smallest absolute Gasteiger partial charge is 0.247 e. The average Bonchev–Trinajstić information content (AvgIpc) is 2.74. The van der Waals surface area contributed by atoms with E-state index < -0.39 is 0 Å². The van der Waals surface area contributed by atoms with Crippen molar-refractivity contribution in [2.24, 2.45) is 0 Å². The summed E-state index contributed by atoms with van der Waals surface area (Å²) < 4.78 is 5.57. The third kappa shape index (κ3) is 1.96. The summed E-state index contributed by atoms with van der Waals surface area (Å²) in [6, 6.07) is 3.48. The number of ether oxygens (including phenoxy) is 1. The molecular weight excluding hydrogens is 206 g/mol. The fraction of sp³-hybridized carbons (Fsp3) is 0.545. The van der Waals surface area contributed by atoms with Gasteiger partial charge in [0, 0.05) is 6.20 Å². The lowest BCUT2D eigenvalue weighted by molar-refractivity contribution is -0.122. The van der Waals surface area contributed by atoms with Gasteiger partial charge >= 0.3 is 0 Å². The van der Waals surface area contributed by atoms with Crippen molar-refractivity contribution in [2.75, 3.05) is 25.1 Å². The first-order valence-corrected chi connectivity index (χ1v) is 5.47. The van der Waals surface area contributed by atoms with Crippen molar-refractivity contribution in [3.05, 3.63) is 18.3 Å². The molecule has 1 aromatic rings. The van der Waals surface area contributed by atoms with E-state index in [9.17, 15) is 4.79 Å². The van der Waals surface area contributed by atoms with Crippen LogP contribution in [0.4, 0.5) is 5.82 Å². The Hall–Kier alpha value is -1.33. The molecule has 2 atom stereocenters. The predicted molar refractivity (Wildman–Crippen MR) is 61.4 cm³/mol. The molecule has 1 saturated heterocycles. The van der Waals surface area contributed by atoms with Crippen molar-refractivity contribution in [3.8, 4) is 0 Å². The van der Waals surface area contributed by atoms with Gasteiger partial charge in [-0.1, -0.05) is 0 Å². The summed E-state index contributed by atoms with van der Waals surface area (Å²) in [5, 5.41) is 3.01. The quantitative estimate of drug-likeness (QED) is 0.761. The molecule has 1 aliphatic rings. The normalized spacial score (nSPS) is 26.9. The molecule has 2 unspecified atom stereocenters. The number of amides is 1. The number of anilines is 1. The second kappa shape index (κ2) is 4.67. The fourth-order valence-electron chi connectivity index (χ4n) is 1.99. The molecule has 1 amide bonds. The van der Waals surface area contributed by atoms with E-state index in [0.29, 0.717) is 13.2 Å². The molecule has 16 heavy (non-hydrogen) atoms. The number of hydrogen-bond donors (Lipinski definition) is 2. The van der Waals surface area contributed by atoms with Crippen molar-refractivity contribution in [2.45, 2.75) is 19.1 Å². The van der Waals surface area contributed by atoms with Crippen LogP contribution < -0.4 is 10.2 Å². The molecule has 2 N–H and O–H groups in total. The van der Waals surface area contributed by atoms with Gasteiger partial charge in [-0.2, -0.15) is 0 Å². The number of hydrogen-bond acceptors (Lipinski definition) is 3. The summed E-state index contributed by atoms with van der Waals surface area (Å²) in [4.78, 5) is 17.0. The Morgan fingerprint density at radius 1 is 1.62 bits per heavy atom. The van der Waals surface area contributed by atoms with Gasteiger partial charge in [-0.05, 0) is 26.1 Å². The molecule has 0 aliphatic carbocycles. The lowest BCUT2D eigenvalue weighted by atomic mass is 10.1. The SMILES string of the molecule is CNC1C(=O)N(c2ccc[nH]2)CCOC1C. The zero-order valence-corrected chi connectivity index (χ0v) is 9.56. The van der Waals surface area contributed by atoms with E-state index in [1.54, 1.807) is 11.9 Å². The largest absolute Gasteiger partial charge is 0.374 e. The molecule has 1 fully saturated rings. The summed E-state index contributed by atoms with van der Waals surface area (Å²) in [6.45, 7) is 3.06. The van der Waals surface area contributed by atoms with Crippen molar-refractivity contribution in [1.82, 2.24) is 10.3 Å². The van der Waals surface area contributed by atoms with Crippen LogP contribution in [-0.2, 0) is 9.53 Å². The molecule has 0 bridgehead atoms. The molecule has 5 nitrogen and oxygen atoms in total. The standard InChI is InChI=1S/C11H17N3O2/c1-8-10(12-2)11(15)14(6-7-16-8)9-4-3-5-13-9/h3-5,8,10,12-13H,6-7H2,1-2H3. The third-order valence-electron chi connectivity index (χ3n) is 2.88. The highest BCUT2D eigenvalue weighted by Crippen LogP contribution is 2.16. The summed E-state index contributed by atoms with van der Waals surface area (Å²) in [7, 11) is 1.78. The van der Waals surface area contributed by atoms with Gasteiger partial charge in [0.15, 0.2) is 0 Å². The van der Waals surface area contributed by atoms with Gasteiger partial charge in [0.25, 0.3) is 0 Å². The number of H-pyrrole nitrogens is 1. The maximum atomic E-state index is 12.2. The summed E-state index contributed by atoms with van der Waals surface area (Å²) >= 11 is 0. The lowest BCUT2D eigenvalue weighted by Crippen LogP contribution is -2.49. The van der Waals surface area contributed by atoms with Gasteiger partial charge in [0.2, 0.25) is 5.91 Å². The van der Waals surface area contributed by atoms with Gasteiger partial charge in [-0.15, -0.1) is 0 Å². The number of nitrogens with one attached hydrogen (secondary N) is 2. The second-order valence-corrected chi connectivity index (χ2v) is 3.89. The molecule has 5 heteroatoms. The second-order valence-electron chi connectivity index (χ2n) is 3.89. The van der Waals surface area contributed by atoms with E-state index in [0.717, 1.165) is 5.82 Å². The van der Waals surface area contributed by atoms with E-state index in [2.05, 4.69) is 10.3 Å². The number of rotatable bonds is 2. The zero-order valence-electron chi connectivity index (χ0n) is 9.56. The molecule has 0 radical (unpaired) electrons. The topological polar surface area (TPSA) is 57.4 Å². The number of aromatic amines is 1. The molecule has 0 aromatic carbocycles. The molecule has 0 saturated carbocycles. The Morgan fingerprint density at radius 3 is 3.06 bits per heavy atom. The first-order valence-electron chi connectivity index (χ1n) is 5.47. The van der Waals surface area contributed by atoms with Gasteiger partial charge < -0.3 is 15.0 Å². The maximum Gasteiger partial charge on any atom is 0.247 e. The van der Waals surface area contributed by atoms with Crippen LogP contribution in [-0.4, -0.2) is 43.2 Å². The highest BCUT2D eigenvalue weighted by atomic mass is 16.5. The number of nitrogens with zero attached hydrogens (tertiary/aromatic N) is 1. The Morgan fingerprint density at radius 2 is 2.44 bits per heavy atom. The van der Waals surface area contributed by atoms with Crippen LogP contribution >= 0.6 is 0 Å². The number of carbonyl (C=O) groups is 1. The van der Waals surface area contributed by atoms with Crippen LogP contribution in [0, 0.1) is 0 Å². The van der Waals surface area contributed by atoms with Crippen molar-refractivity contribution >= 4 is 11.7 Å². The molecule has 2 rings (SSSR count). The first-order chi connectivity index (χ1) is 7.74. The highest BCUT2D eigenvalue weighted by Gasteiger charge is 2.32. The Kier molecular flexibility index (Phi) is 3.26. The van der Waals surface area contributed by atoms with E-state index in [4.69, 9.17) is 4.74 Å². The van der Waals surface area contributed by atoms with Crippen LogP contribution in [0.2, 0.25) is 0 Å². The zero-order chi connectivity index (χ0) is 11.5. The molecule has 0 spiro atoms. The summed E-state index contributed by atoms with van der Waals surface area (Å²) in [5.41, 5.74) is 0. The summed E-state index contributed by atoms with van der Waals surface area (Å²) in [5.74, 6) is 0.873. The van der Waals surface area contributed by atoms with Crippen molar-refractivity contribution in [3.63, 3.8) is 0 Å². The van der Waals surface area contributed by atoms with Crippen molar-refractivity contribution < 1.29 is 9.53 Å². The Labute approximate surface area is 94.8 Å². The van der Waals surface area contributed by atoms with Gasteiger partial charge in [-0.25, -0.2) is 0 Å².